The SMILES string of the molecule is CCc1ccc(NC(=O)N2CCN(c3nc4cccnc4s3)CC2)cc1. The number of rotatable bonds is 3. The Morgan fingerprint density at radius 2 is 1.92 bits per heavy atom. The standard InChI is InChI=1S/C19H21N5OS/c1-2-14-5-7-15(8-6-14)21-18(25)23-10-12-24(13-11-23)19-22-16-4-3-9-20-17(16)26-19/h3-9H,2,10-13H2,1H3,(H,21,25). The van der Waals surface area contributed by atoms with Crippen LogP contribution in [0.3, 0.4) is 0 Å². The van der Waals surface area contributed by atoms with Crippen LogP contribution in [0.4, 0.5) is 15.6 Å². The number of carbonyl (C=O) groups excluding carboxylic acids is 1. The molecule has 1 fully saturated rings. The van der Waals surface area contributed by atoms with Crippen LogP contribution in [-0.2, 0) is 6.42 Å². The summed E-state index contributed by atoms with van der Waals surface area (Å²) < 4.78 is 0. The number of hydrogen-bond acceptors (Lipinski definition) is 5. The van der Waals surface area contributed by atoms with Gasteiger partial charge in [0, 0.05) is 38.1 Å². The summed E-state index contributed by atoms with van der Waals surface area (Å²) in [5, 5.41) is 3.96. The molecule has 2 amide bonds. The summed E-state index contributed by atoms with van der Waals surface area (Å²) in [6, 6.07) is 11.9. The summed E-state index contributed by atoms with van der Waals surface area (Å²) in [7, 11) is 0. The third-order valence-corrected chi connectivity index (χ3v) is 5.65. The van der Waals surface area contributed by atoms with Crippen LogP contribution in [0.25, 0.3) is 10.3 Å². The maximum absolute atomic E-state index is 12.5. The van der Waals surface area contributed by atoms with Gasteiger partial charge in [-0.05, 0) is 36.2 Å². The van der Waals surface area contributed by atoms with Crippen LogP contribution in [-0.4, -0.2) is 47.1 Å². The van der Waals surface area contributed by atoms with E-state index in [-0.39, 0.29) is 6.03 Å². The third kappa shape index (κ3) is 3.48. The van der Waals surface area contributed by atoms with E-state index in [0.717, 1.165) is 40.7 Å². The number of aromatic nitrogens is 2. The number of thiazole rings is 1. The van der Waals surface area contributed by atoms with Gasteiger partial charge in [0.05, 0.1) is 0 Å². The monoisotopic (exact) mass is 367 g/mol. The van der Waals surface area contributed by atoms with Crippen molar-refractivity contribution in [2.45, 2.75) is 13.3 Å². The Balaban J connectivity index is 1.35. The Morgan fingerprint density at radius 1 is 1.15 bits per heavy atom. The van der Waals surface area contributed by atoms with E-state index in [1.54, 1.807) is 17.5 Å². The van der Waals surface area contributed by atoms with Gasteiger partial charge in [0.1, 0.15) is 10.3 Å². The minimum atomic E-state index is -0.0418. The predicted molar refractivity (Wildman–Crippen MR) is 106 cm³/mol. The number of carbonyl (C=O) groups is 1. The molecular formula is C19H21N5OS. The van der Waals surface area contributed by atoms with Crippen LogP contribution in [0, 0.1) is 0 Å². The van der Waals surface area contributed by atoms with E-state index in [1.165, 1.54) is 5.56 Å². The molecule has 2 aromatic heterocycles. The number of amides is 2. The number of hydrogen-bond donors (Lipinski definition) is 1. The average Bonchev–Trinajstić information content (AvgIpc) is 3.13. The van der Waals surface area contributed by atoms with Crippen molar-refractivity contribution in [1.29, 1.82) is 0 Å². The van der Waals surface area contributed by atoms with Crippen molar-refractivity contribution in [2.75, 3.05) is 36.4 Å². The second-order valence-corrected chi connectivity index (χ2v) is 7.23. The lowest BCUT2D eigenvalue weighted by molar-refractivity contribution is 0.208. The smallest absolute Gasteiger partial charge is 0.321 e. The van der Waals surface area contributed by atoms with Crippen molar-refractivity contribution < 1.29 is 4.79 Å². The molecule has 0 spiro atoms. The van der Waals surface area contributed by atoms with Crippen LogP contribution in [0.5, 0.6) is 0 Å². The zero-order valence-electron chi connectivity index (χ0n) is 14.7. The summed E-state index contributed by atoms with van der Waals surface area (Å²) in [4.78, 5) is 26.5. The second-order valence-electron chi connectivity index (χ2n) is 6.28. The first kappa shape index (κ1) is 16.8. The molecule has 3 aromatic rings. The summed E-state index contributed by atoms with van der Waals surface area (Å²) >= 11 is 1.60. The summed E-state index contributed by atoms with van der Waals surface area (Å²) in [6.45, 7) is 5.04. The fourth-order valence-electron chi connectivity index (χ4n) is 3.02. The highest BCUT2D eigenvalue weighted by Crippen LogP contribution is 2.27. The molecule has 1 aliphatic rings. The molecule has 1 aromatic carbocycles. The highest BCUT2D eigenvalue weighted by atomic mass is 32.1. The number of benzene rings is 1. The normalized spacial score (nSPS) is 14.7. The van der Waals surface area contributed by atoms with Gasteiger partial charge >= 0.3 is 6.03 Å². The van der Waals surface area contributed by atoms with Crippen molar-refractivity contribution in [2.24, 2.45) is 0 Å². The predicted octanol–water partition coefficient (Wildman–Crippen LogP) is 3.61. The number of piperazine rings is 1. The largest absolute Gasteiger partial charge is 0.344 e. The third-order valence-electron chi connectivity index (χ3n) is 4.61. The molecule has 0 atom stereocenters. The Kier molecular flexibility index (Phi) is 4.71. The Morgan fingerprint density at radius 3 is 2.62 bits per heavy atom. The highest BCUT2D eigenvalue weighted by molar-refractivity contribution is 7.21. The summed E-state index contributed by atoms with van der Waals surface area (Å²) in [6.07, 6.45) is 2.79. The maximum Gasteiger partial charge on any atom is 0.321 e. The van der Waals surface area contributed by atoms with Gasteiger partial charge in [-0.15, -0.1) is 0 Å². The molecule has 0 bridgehead atoms. The topological polar surface area (TPSA) is 61.4 Å². The first-order chi connectivity index (χ1) is 12.7. The minimum absolute atomic E-state index is 0.0418. The van der Waals surface area contributed by atoms with E-state index < -0.39 is 0 Å². The van der Waals surface area contributed by atoms with Crippen LogP contribution >= 0.6 is 11.3 Å². The van der Waals surface area contributed by atoms with Crippen LogP contribution in [0.1, 0.15) is 12.5 Å². The van der Waals surface area contributed by atoms with Gasteiger partial charge in [0.15, 0.2) is 5.13 Å². The first-order valence-electron chi connectivity index (χ1n) is 8.84. The molecule has 1 N–H and O–H groups in total. The van der Waals surface area contributed by atoms with Crippen LogP contribution in [0.15, 0.2) is 42.6 Å². The van der Waals surface area contributed by atoms with Gasteiger partial charge < -0.3 is 15.1 Å². The van der Waals surface area contributed by atoms with Gasteiger partial charge in [-0.2, -0.15) is 0 Å². The number of anilines is 2. The number of nitrogens with zero attached hydrogens (tertiary/aromatic N) is 4. The Bertz CT molecular complexity index is 867. The van der Waals surface area contributed by atoms with Crippen molar-refractivity contribution >= 4 is 38.5 Å². The molecule has 4 rings (SSSR count). The fourth-order valence-corrected chi connectivity index (χ4v) is 3.98. The number of nitrogens with one attached hydrogen (secondary N) is 1. The molecule has 6 nitrogen and oxygen atoms in total. The first-order valence-corrected chi connectivity index (χ1v) is 9.66. The Hall–Kier alpha value is -2.67. The molecule has 134 valence electrons. The zero-order valence-corrected chi connectivity index (χ0v) is 15.5. The van der Waals surface area contributed by atoms with Gasteiger partial charge in [-0.3, -0.25) is 0 Å². The minimum Gasteiger partial charge on any atom is -0.344 e. The maximum atomic E-state index is 12.5. The number of aryl methyl sites for hydroxylation is 1. The molecule has 0 saturated carbocycles. The lowest BCUT2D eigenvalue weighted by Crippen LogP contribution is -2.50. The Labute approximate surface area is 156 Å². The van der Waals surface area contributed by atoms with E-state index in [4.69, 9.17) is 0 Å². The molecule has 0 aliphatic carbocycles. The van der Waals surface area contributed by atoms with Crippen LogP contribution in [0.2, 0.25) is 0 Å². The molecule has 0 unspecified atom stereocenters. The molecule has 1 aliphatic heterocycles. The van der Waals surface area contributed by atoms with E-state index in [2.05, 4.69) is 39.2 Å². The quantitative estimate of drug-likeness (QED) is 0.768. The fraction of sp³-hybridized carbons (Fsp3) is 0.316. The lowest BCUT2D eigenvalue weighted by Gasteiger charge is -2.34. The molecule has 7 heteroatoms. The average molecular weight is 367 g/mol. The van der Waals surface area contributed by atoms with Gasteiger partial charge in [0.2, 0.25) is 0 Å². The lowest BCUT2D eigenvalue weighted by atomic mass is 10.1. The summed E-state index contributed by atoms with van der Waals surface area (Å²) in [5.74, 6) is 0. The molecular weight excluding hydrogens is 346 g/mol. The highest BCUT2D eigenvalue weighted by Gasteiger charge is 2.23. The molecule has 0 radical (unpaired) electrons. The zero-order chi connectivity index (χ0) is 17.9. The van der Waals surface area contributed by atoms with E-state index >= 15 is 0 Å². The van der Waals surface area contributed by atoms with Crippen molar-refractivity contribution in [3.8, 4) is 0 Å². The van der Waals surface area contributed by atoms with Gasteiger partial charge in [0.25, 0.3) is 0 Å². The second kappa shape index (κ2) is 7.29. The summed E-state index contributed by atoms with van der Waals surface area (Å²) in [5.41, 5.74) is 3.04. The van der Waals surface area contributed by atoms with Crippen molar-refractivity contribution in [3.63, 3.8) is 0 Å². The van der Waals surface area contributed by atoms with E-state index in [0.29, 0.717) is 13.1 Å². The van der Waals surface area contributed by atoms with Gasteiger partial charge in [-0.25, -0.2) is 14.8 Å². The van der Waals surface area contributed by atoms with Crippen molar-refractivity contribution in [1.82, 2.24) is 14.9 Å². The van der Waals surface area contributed by atoms with Gasteiger partial charge in [-0.1, -0.05) is 30.4 Å². The number of fused-ring (bicyclic) bond motifs is 1. The number of urea groups is 1. The van der Waals surface area contributed by atoms with Crippen LogP contribution < -0.4 is 10.2 Å². The van der Waals surface area contributed by atoms with Crippen molar-refractivity contribution in [3.05, 3.63) is 48.2 Å². The van der Waals surface area contributed by atoms with E-state index in [1.807, 2.05) is 29.2 Å². The van der Waals surface area contributed by atoms with E-state index in [9.17, 15) is 4.79 Å². The molecule has 1 saturated heterocycles. The molecule has 26 heavy (non-hydrogen) atoms. The molecule has 3 heterocycles. The number of pyridine rings is 1.